The Morgan fingerprint density at radius 1 is 0.580 bits per heavy atom. The molecule has 442 valence electrons. The summed E-state index contributed by atoms with van der Waals surface area (Å²) in [6.07, 6.45) is 7.72. The molecule has 1 heterocycles. The molecule has 9 amide bonds. The van der Waals surface area contributed by atoms with Crippen molar-refractivity contribution >= 4 is 65.1 Å². The van der Waals surface area contributed by atoms with Gasteiger partial charge < -0.3 is 71.2 Å². The fraction of sp³-hybridized carbons (Fsp3) is 0.596. The molecule has 0 unspecified atom stereocenters. The lowest BCUT2D eigenvalue weighted by Crippen LogP contribution is -2.60. The summed E-state index contributed by atoms with van der Waals surface area (Å²) < 4.78 is 0. The molecule has 4 saturated carbocycles. The van der Waals surface area contributed by atoms with E-state index in [-0.39, 0.29) is 100 Å². The third-order valence-electron chi connectivity index (χ3n) is 15.9. The highest BCUT2D eigenvalue weighted by Gasteiger charge is 2.52. The average molecular weight is 1120 g/mol. The highest BCUT2D eigenvalue weighted by Crippen LogP contribution is 2.61. The summed E-state index contributed by atoms with van der Waals surface area (Å²) in [6.45, 7) is 4.05. The first-order chi connectivity index (χ1) is 38.6. The van der Waals surface area contributed by atoms with E-state index in [0.717, 1.165) is 24.8 Å². The molecule has 81 heavy (non-hydrogen) atoms. The number of nitrogens with one attached hydrogen (secondary N) is 6. The number of primary amides is 2. The number of aliphatic imine (C=N–C) groups is 2. The molecular formula is C57H85N15O9. The van der Waals surface area contributed by atoms with E-state index in [0.29, 0.717) is 36.2 Å². The van der Waals surface area contributed by atoms with Crippen LogP contribution in [0.5, 0.6) is 0 Å². The Morgan fingerprint density at radius 3 is 1.53 bits per heavy atom. The van der Waals surface area contributed by atoms with Crippen LogP contribution in [0.25, 0.3) is 0 Å². The fourth-order valence-electron chi connectivity index (χ4n) is 12.7. The van der Waals surface area contributed by atoms with Gasteiger partial charge in [0.05, 0.1) is 6.42 Å². The van der Waals surface area contributed by atoms with Crippen LogP contribution in [0.3, 0.4) is 0 Å². The molecule has 0 aromatic heterocycles. The highest BCUT2D eigenvalue weighted by atomic mass is 16.2. The van der Waals surface area contributed by atoms with E-state index < -0.39 is 96.0 Å². The van der Waals surface area contributed by atoms with Crippen LogP contribution in [0.4, 0.5) is 0 Å². The number of benzene rings is 2. The molecule has 18 N–H and O–H groups in total. The van der Waals surface area contributed by atoms with Gasteiger partial charge in [-0.15, -0.1) is 0 Å². The predicted octanol–water partition coefficient (Wildman–Crippen LogP) is -0.508. The molecule has 0 spiro atoms. The second-order valence-corrected chi connectivity index (χ2v) is 23.2. The van der Waals surface area contributed by atoms with Gasteiger partial charge >= 0.3 is 0 Å². The van der Waals surface area contributed by atoms with E-state index in [1.54, 1.807) is 30.3 Å². The molecule has 0 radical (unpaired) electrons. The number of rotatable bonds is 31. The zero-order valence-electron chi connectivity index (χ0n) is 46.7. The summed E-state index contributed by atoms with van der Waals surface area (Å²) in [4.78, 5) is 134. The SMILES string of the molecule is CC(C)C[C@H](NC(=O)[C@H](Cc1ccccc1)NC(=O)CC12CC3CC(CC(C3)C1)C2)C(=O)N[C@@H](Cc1ccccc1)C(=O)N[C@@H](CCCN=C(N)N)C(=O)N1CCC[C@H]1C(=O)N[C@@H](CCCN=C(N)N)C(=O)N[C@@H](CC(N)=O)C(N)=O. The van der Waals surface area contributed by atoms with E-state index >= 15 is 0 Å². The van der Waals surface area contributed by atoms with E-state index in [1.807, 2.05) is 44.2 Å². The Bertz CT molecular complexity index is 2560. The lowest BCUT2D eigenvalue weighted by atomic mass is 9.49. The maximum Gasteiger partial charge on any atom is 0.245 e. The van der Waals surface area contributed by atoms with Crippen LogP contribution in [0.1, 0.15) is 121 Å². The van der Waals surface area contributed by atoms with Crippen molar-refractivity contribution < 1.29 is 43.2 Å². The fourth-order valence-corrected chi connectivity index (χ4v) is 12.7. The number of guanidine groups is 2. The molecule has 2 aromatic rings. The van der Waals surface area contributed by atoms with Gasteiger partial charge in [-0.1, -0.05) is 74.5 Å². The van der Waals surface area contributed by atoms with Crippen LogP contribution in [0, 0.1) is 29.1 Å². The summed E-state index contributed by atoms with van der Waals surface area (Å²) in [5.41, 5.74) is 34.3. The summed E-state index contributed by atoms with van der Waals surface area (Å²) >= 11 is 0. The molecule has 1 aliphatic heterocycles. The molecule has 4 bridgehead atoms. The predicted molar refractivity (Wildman–Crippen MR) is 304 cm³/mol. The van der Waals surface area contributed by atoms with Crippen molar-refractivity contribution in [3.8, 4) is 0 Å². The Morgan fingerprint density at radius 2 is 1.04 bits per heavy atom. The largest absolute Gasteiger partial charge is 0.370 e. The van der Waals surface area contributed by atoms with Gasteiger partial charge in [0.1, 0.15) is 42.3 Å². The maximum absolute atomic E-state index is 14.8. The van der Waals surface area contributed by atoms with Gasteiger partial charge in [-0.2, -0.15) is 0 Å². The van der Waals surface area contributed by atoms with Crippen LogP contribution < -0.4 is 66.3 Å². The summed E-state index contributed by atoms with van der Waals surface area (Å²) in [6, 6.07) is 9.61. The Hall–Kier alpha value is -7.79. The maximum atomic E-state index is 14.8. The van der Waals surface area contributed by atoms with Crippen molar-refractivity contribution in [2.24, 2.45) is 73.5 Å². The molecule has 2 aromatic carbocycles. The van der Waals surface area contributed by atoms with Crippen LogP contribution in [0.15, 0.2) is 70.6 Å². The second kappa shape index (κ2) is 29.6. The number of hydrogen-bond donors (Lipinski definition) is 12. The lowest BCUT2D eigenvalue weighted by molar-refractivity contribution is -0.142. The Kier molecular flexibility index (Phi) is 22.8. The van der Waals surface area contributed by atoms with Gasteiger partial charge in [0.15, 0.2) is 11.9 Å². The standard InChI is InChI=1S/C57H85N15O9/c1-33(2)22-42(70-51(78)43(26-34-12-5-3-6-13-34)66-47(74)32-57-29-36-23-37(30-57)25-38(24-36)31-57)50(77)71-44(27-35-14-7-4-8-15-35)52(79)68-40(17-10-20-65-56(62)63)54(81)72-21-11-18-45(72)53(80)67-39(16-9-19-64-55(60)61)49(76)69-41(48(59)75)28-46(58)73/h3-8,12-15,33,36-45H,9-11,16-32H2,1-2H3,(H2,58,73)(H2,59,75)(H,66,74)(H,67,80)(H,68,79)(H,69,76)(H,70,78)(H,71,77)(H4,60,61,64)(H4,62,63,65)/t36?,37?,38?,39-,40-,41-,42-,43-,44-,45-,57?/m0/s1. The number of carbonyl (C=O) groups excluding carboxylic acids is 9. The smallest absolute Gasteiger partial charge is 0.245 e. The first kappa shape index (κ1) is 62.4. The monoisotopic (exact) mass is 1120 g/mol. The molecule has 5 aliphatic rings. The van der Waals surface area contributed by atoms with Crippen LogP contribution in [-0.4, -0.2) is 132 Å². The molecule has 4 aliphatic carbocycles. The third-order valence-corrected chi connectivity index (χ3v) is 15.9. The van der Waals surface area contributed by atoms with Crippen molar-refractivity contribution in [3.63, 3.8) is 0 Å². The molecule has 24 heteroatoms. The molecule has 7 atom stereocenters. The number of nitrogens with two attached hydrogens (primary N) is 6. The molecule has 5 fully saturated rings. The molecule has 1 saturated heterocycles. The molecule has 24 nitrogen and oxygen atoms in total. The van der Waals surface area contributed by atoms with E-state index in [1.165, 1.54) is 24.2 Å². The third kappa shape index (κ3) is 19.2. The number of likely N-dealkylation sites (tertiary alicyclic amines) is 1. The summed E-state index contributed by atoms with van der Waals surface area (Å²) in [5, 5.41) is 16.8. The Balaban J connectivity index is 1.21. The zero-order valence-corrected chi connectivity index (χ0v) is 46.7. The van der Waals surface area contributed by atoms with Gasteiger partial charge in [0, 0.05) is 38.9 Å². The zero-order chi connectivity index (χ0) is 58.8. The average Bonchev–Trinajstić information content (AvgIpc) is 3.43. The molecule has 7 rings (SSSR count). The number of carbonyl (C=O) groups is 9. The minimum absolute atomic E-state index is 0.00813. The second-order valence-electron chi connectivity index (χ2n) is 23.2. The first-order valence-corrected chi connectivity index (χ1v) is 28.4. The first-order valence-electron chi connectivity index (χ1n) is 28.4. The topological polar surface area (TPSA) is 410 Å². The van der Waals surface area contributed by atoms with Gasteiger partial charge in [-0.3, -0.25) is 53.1 Å². The van der Waals surface area contributed by atoms with Gasteiger partial charge in [0.25, 0.3) is 0 Å². The van der Waals surface area contributed by atoms with Gasteiger partial charge in [-0.25, -0.2) is 0 Å². The highest BCUT2D eigenvalue weighted by molar-refractivity contribution is 5.98. The molecular weight excluding hydrogens is 1040 g/mol. The number of nitrogens with zero attached hydrogens (tertiary/aromatic N) is 3. The summed E-state index contributed by atoms with van der Waals surface area (Å²) in [5.74, 6) is -4.88. The van der Waals surface area contributed by atoms with E-state index in [4.69, 9.17) is 34.4 Å². The number of hydrogen-bond acceptors (Lipinski definition) is 11. The minimum Gasteiger partial charge on any atom is -0.370 e. The van der Waals surface area contributed by atoms with Crippen molar-refractivity contribution in [2.75, 3.05) is 19.6 Å². The van der Waals surface area contributed by atoms with Crippen LogP contribution in [-0.2, 0) is 56.0 Å². The minimum atomic E-state index is -1.48. The normalized spacial score (nSPS) is 21.9. The lowest BCUT2D eigenvalue weighted by Gasteiger charge is -2.56. The van der Waals surface area contributed by atoms with Gasteiger partial charge in [0.2, 0.25) is 53.2 Å². The van der Waals surface area contributed by atoms with Crippen molar-refractivity contribution in [1.82, 2.24) is 36.8 Å². The van der Waals surface area contributed by atoms with Gasteiger partial charge in [-0.05, 0) is 124 Å². The van der Waals surface area contributed by atoms with Crippen molar-refractivity contribution in [2.45, 2.75) is 165 Å². The summed E-state index contributed by atoms with van der Waals surface area (Å²) in [7, 11) is 0. The van der Waals surface area contributed by atoms with Crippen molar-refractivity contribution in [3.05, 3.63) is 71.8 Å². The van der Waals surface area contributed by atoms with E-state index in [9.17, 15) is 43.2 Å². The quantitative estimate of drug-likeness (QED) is 0.0258. The van der Waals surface area contributed by atoms with Crippen LogP contribution >= 0.6 is 0 Å². The number of amides is 9. The van der Waals surface area contributed by atoms with Crippen molar-refractivity contribution in [1.29, 1.82) is 0 Å². The van der Waals surface area contributed by atoms with Crippen LogP contribution in [0.2, 0.25) is 0 Å². The van der Waals surface area contributed by atoms with E-state index in [2.05, 4.69) is 41.9 Å². The Labute approximate surface area is 473 Å².